The number of rotatable bonds is 4. The molecule has 142 valence electrons. The summed E-state index contributed by atoms with van der Waals surface area (Å²) in [5, 5.41) is 5.68. The molecule has 27 heavy (non-hydrogen) atoms. The van der Waals surface area contributed by atoms with Crippen molar-refractivity contribution in [2.24, 2.45) is 0 Å². The van der Waals surface area contributed by atoms with Crippen LogP contribution in [0, 0.1) is 6.92 Å². The Morgan fingerprint density at radius 1 is 1.15 bits per heavy atom. The van der Waals surface area contributed by atoms with Crippen molar-refractivity contribution in [2.75, 3.05) is 20.1 Å². The smallest absolute Gasteiger partial charge is 0.317 e. The third kappa shape index (κ3) is 4.88. The highest BCUT2D eigenvalue weighted by Crippen LogP contribution is 2.27. The molecule has 3 amide bonds. The van der Waals surface area contributed by atoms with Crippen molar-refractivity contribution >= 4 is 11.9 Å². The lowest BCUT2D eigenvalue weighted by molar-refractivity contribution is 0.0950. The summed E-state index contributed by atoms with van der Waals surface area (Å²) >= 11 is 0. The normalized spacial score (nSPS) is 16.7. The van der Waals surface area contributed by atoms with Gasteiger partial charge in [0, 0.05) is 38.2 Å². The molecule has 5 heteroatoms. The Balaban J connectivity index is 1.64. The Kier molecular flexibility index (Phi) is 6.12. The number of likely N-dealkylation sites (tertiary alicyclic amines) is 1. The minimum Gasteiger partial charge on any atom is -0.348 e. The van der Waals surface area contributed by atoms with E-state index in [2.05, 4.69) is 16.7 Å². The number of carbonyl (C=O) groups is 2. The molecule has 1 fully saturated rings. The third-order valence-corrected chi connectivity index (χ3v) is 5.12. The fourth-order valence-corrected chi connectivity index (χ4v) is 3.52. The summed E-state index contributed by atoms with van der Waals surface area (Å²) < 4.78 is 0. The predicted octanol–water partition coefficient (Wildman–Crippen LogP) is 3.44. The summed E-state index contributed by atoms with van der Waals surface area (Å²) in [6.45, 7) is 4.03. The van der Waals surface area contributed by atoms with Gasteiger partial charge in [-0.2, -0.15) is 0 Å². The van der Waals surface area contributed by atoms with Crippen LogP contribution in [-0.4, -0.2) is 37.0 Å². The van der Waals surface area contributed by atoms with Gasteiger partial charge < -0.3 is 15.5 Å². The maximum atomic E-state index is 12.6. The Hall–Kier alpha value is -2.82. The molecule has 1 heterocycles. The molecular formula is C22H27N3O2. The lowest BCUT2D eigenvalue weighted by atomic mass is 9.89. The number of hydrogen-bond donors (Lipinski definition) is 2. The molecular weight excluding hydrogens is 338 g/mol. The SMILES string of the molecule is CNC(=O)N1CCCC(c2cccc(C(=O)NCc3ccc(C)cc3)c2)C1. The topological polar surface area (TPSA) is 61.4 Å². The number of aryl methyl sites for hydroxylation is 1. The zero-order chi connectivity index (χ0) is 19.2. The molecule has 0 saturated carbocycles. The van der Waals surface area contributed by atoms with Crippen molar-refractivity contribution in [3.8, 4) is 0 Å². The molecule has 0 radical (unpaired) electrons. The van der Waals surface area contributed by atoms with E-state index in [4.69, 9.17) is 0 Å². The summed E-state index contributed by atoms with van der Waals surface area (Å²) in [5.41, 5.74) is 4.07. The van der Waals surface area contributed by atoms with Crippen molar-refractivity contribution in [1.82, 2.24) is 15.5 Å². The number of hydrogen-bond acceptors (Lipinski definition) is 2. The lowest BCUT2D eigenvalue weighted by Crippen LogP contribution is -2.43. The number of benzene rings is 2. The van der Waals surface area contributed by atoms with E-state index in [1.165, 1.54) is 5.56 Å². The second-order valence-corrected chi connectivity index (χ2v) is 7.13. The highest BCUT2D eigenvalue weighted by atomic mass is 16.2. The van der Waals surface area contributed by atoms with Gasteiger partial charge in [0.1, 0.15) is 0 Å². The number of nitrogens with one attached hydrogen (secondary N) is 2. The number of piperidine rings is 1. The average Bonchev–Trinajstić information content (AvgIpc) is 2.72. The first-order chi connectivity index (χ1) is 13.1. The third-order valence-electron chi connectivity index (χ3n) is 5.12. The summed E-state index contributed by atoms with van der Waals surface area (Å²) in [6.07, 6.45) is 2.00. The number of urea groups is 1. The largest absolute Gasteiger partial charge is 0.348 e. The van der Waals surface area contributed by atoms with E-state index < -0.39 is 0 Å². The first kappa shape index (κ1) is 19.0. The van der Waals surface area contributed by atoms with Crippen LogP contribution in [0.4, 0.5) is 4.79 Å². The summed E-state index contributed by atoms with van der Waals surface area (Å²) in [5.74, 6) is 0.192. The molecule has 1 unspecified atom stereocenters. The minimum absolute atomic E-state index is 0.0355. The van der Waals surface area contributed by atoms with E-state index in [1.54, 1.807) is 7.05 Å². The molecule has 1 saturated heterocycles. The van der Waals surface area contributed by atoms with Crippen LogP contribution in [0.25, 0.3) is 0 Å². The van der Waals surface area contributed by atoms with Gasteiger partial charge in [0.25, 0.3) is 5.91 Å². The lowest BCUT2D eigenvalue weighted by Gasteiger charge is -2.32. The van der Waals surface area contributed by atoms with Crippen molar-refractivity contribution in [3.63, 3.8) is 0 Å². The van der Waals surface area contributed by atoms with Crippen LogP contribution in [-0.2, 0) is 6.54 Å². The molecule has 2 N–H and O–H groups in total. The Labute approximate surface area is 160 Å². The predicted molar refractivity (Wildman–Crippen MR) is 107 cm³/mol. The quantitative estimate of drug-likeness (QED) is 0.872. The van der Waals surface area contributed by atoms with Crippen LogP contribution < -0.4 is 10.6 Å². The van der Waals surface area contributed by atoms with E-state index in [1.807, 2.05) is 54.3 Å². The Bertz CT molecular complexity index is 801. The second kappa shape index (κ2) is 8.71. The molecule has 0 spiro atoms. The van der Waals surface area contributed by atoms with Gasteiger partial charge in [-0.3, -0.25) is 4.79 Å². The van der Waals surface area contributed by atoms with Gasteiger partial charge in [0.05, 0.1) is 0 Å². The molecule has 1 aliphatic heterocycles. The van der Waals surface area contributed by atoms with Crippen LogP contribution in [0.2, 0.25) is 0 Å². The molecule has 2 aromatic rings. The first-order valence-corrected chi connectivity index (χ1v) is 9.47. The maximum Gasteiger partial charge on any atom is 0.317 e. The van der Waals surface area contributed by atoms with E-state index >= 15 is 0 Å². The Morgan fingerprint density at radius 2 is 1.93 bits per heavy atom. The molecule has 1 aliphatic rings. The molecule has 5 nitrogen and oxygen atoms in total. The van der Waals surface area contributed by atoms with Crippen molar-refractivity contribution in [1.29, 1.82) is 0 Å². The highest BCUT2D eigenvalue weighted by Gasteiger charge is 2.24. The van der Waals surface area contributed by atoms with Gasteiger partial charge in [-0.15, -0.1) is 0 Å². The molecule has 1 atom stereocenters. The van der Waals surface area contributed by atoms with Crippen molar-refractivity contribution in [2.45, 2.75) is 32.2 Å². The van der Waals surface area contributed by atoms with Crippen LogP contribution in [0.3, 0.4) is 0 Å². The van der Waals surface area contributed by atoms with E-state index in [-0.39, 0.29) is 17.9 Å². The maximum absolute atomic E-state index is 12.6. The van der Waals surface area contributed by atoms with E-state index in [0.29, 0.717) is 18.7 Å². The fourth-order valence-electron chi connectivity index (χ4n) is 3.52. The highest BCUT2D eigenvalue weighted by molar-refractivity contribution is 5.94. The standard InChI is InChI=1S/C22H27N3O2/c1-16-8-10-17(11-9-16)14-24-21(26)19-6-3-5-18(13-19)20-7-4-12-25(15-20)22(27)23-2/h3,5-6,8-11,13,20H,4,7,12,14-15H2,1-2H3,(H,23,27)(H,24,26). The van der Waals surface area contributed by atoms with Crippen LogP contribution in [0.1, 0.15) is 45.8 Å². The number of amides is 3. The zero-order valence-corrected chi connectivity index (χ0v) is 16.0. The van der Waals surface area contributed by atoms with Crippen LogP contribution in [0.5, 0.6) is 0 Å². The molecule has 0 aromatic heterocycles. The van der Waals surface area contributed by atoms with Gasteiger partial charge in [-0.05, 0) is 43.0 Å². The zero-order valence-electron chi connectivity index (χ0n) is 16.0. The summed E-state index contributed by atoms with van der Waals surface area (Å²) in [4.78, 5) is 26.3. The molecule has 0 aliphatic carbocycles. The monoisotopic (exact) mass is 365 g/mol. The number of nitrogens with zero attached hydrogens (tertiary/aromatic N) is 1. The summed E-state index contributed by atoms with van der Waals surface area (Å²) in [6, 6.07) is 15.9. The number of carbonyl (C=O) groups excluding carboxylic acids is 2. The summed E-state index contributed by atoms with van der Waals surface area (Å²) in [7, 11) is 1.66. The molecule has 3 rings (SSSR count). The van der Waals surface area contributed by atoms with E-state index in [0.717, 1.165) is 30.5 Å². The van der Waals surface area contributed by atoms with Crippen molar-refractivity contribution < 1.29 is 9.59 Å². The van der Waals surface area contributed by atoms with Gasteiger partial charge in [0.2, 0.25) is 0 Å². The second-order valence-electron chi connectivity index (χ2n) is 7.13. The Morgan fingerprint density at radius 3 is 2.67 bits per heavy atom. The average molecular weight is 365 g/mol. The molecule has 0 bridgehead atoms. The van der Waals surface area contributed by atoms with Crippen LogP contribution >= 0.6 is 0 Å². The fraction of sp³-hybridized carbons (Fsp3) is 0.364. The first-order valence-electron chi connectivity index (χ1n) is 9.47. The van der Waals surface area contributed by atoms with Gasteiger partial charge in [0.15, 0.2) is 0 Å². The van der Waals surface area contributed by atoms with E-state index in [9.17, 15) is 9.59 Å². The van der Waals surface area contributed by atoms with Gasteiger partial charge in [-0.25, -0.2) is 4.79 Å². The van der Waals surface area contributed by atoms with Gasteiger partial charge >= 0.3 is 6.03 Å². The van der Waals surface area contributed by atoms with Crippen LogP contribution in [0.15, 0.2) is 48.5 Å². The molecule has 2 aromatic carbocycles. The minimum atomic E-state index is -0.0728. The van der Waals surface area contributed by atoms with Crippen molar-refractivity contribution in [3.05, 3.63) is 70.8 Å². The van der Waals surface area contributed by atoms with Gasteiger partial charge in [-0.1, -0.05) is 42.0 Å².